The van der Waals surface area contributed by atoms with Crippen molar-refractivity contribution in [1.29, 1.82) is 0 Å². The molecule has 8 heteroatoms. The van der Waals surface area contributed by atoms with Crippen LogP contribution < -0.4 is 0 Å². The van der Waals surface area contributed by atoms with Crippen molar-refractivity contribution in [2.24, 2.45) is 28.1 Å². The van der Waals surface area contributed by atoms with Crippen molar-refractivity contribution in [3.63, 3.8) is 0 Å². The molecular formula is C37H72O6Si2. The van der Waals surface area contributed by atoms with Gasteiger partial charge in [0, 0.05) is 37.8 Å². The van der Waals surface area contributed by atoms with Gasteiger partial charge in [0.25, 0.3) is 0 Å². The molecule has 0 aliphatic heterocycles. The fourth-order valence-electron chi connectivity index (χ4n) is 9.31. The van der Waals surface area contributed by atoms with Gasteiger partial charge in [0.15, 0.2) is 16.6 Å². The first-order valence-corrected chi connectivity index (χ1v) is 23.7. The van der Waals surface area contributed by atoms with E-state index >= 15 is 0 Å². The van der Waals surface area contributed by atoms with Crippen LogP contribution >= 0.6 is 0 Å². The molecule has 3 rings (SSSR count). The van der Waals surface area contributed by atoms with Crippen LogP contribution in [0.2, 0.25) is 36.3 Å². The summed E-state index contributed by atoms with van der Waals surface area (Å²) in [5.74, 6) is 0.726. The highest BCUT2D eigenvalue weighted by atomic mass is 28.4. The number of hydrogen-bond acceptors (Lipinski definition) is 6. The van der Waals surface area contributed by atoms with Gasteiger partial charge in [-0.05, 0) is 99.0 Å². The molecule has 0 saturated heterocycles. The predicted molar refractivity (Wildman–Crippen MR) is 191 cm³/mol. The maximum atomic E-state index is 7.73. The summed E-state index contributed by atoms with van der Waals surface area (Å²) in [4.78, 5) is 0. The van der Waals surface area contributed by atoms with E-state index in [9.17, 15) is 0 Å². The zero-order valence-corrected chi connectivity index (χ0v) is 33.9. The summed E-state index contributed by atoms with van der Waals surface area (Å²) in [7, 11) is -2.32. The van der Waals surface area contributed by atoms with E-state index in [4.69, 9.17) is 27.8 Å². The van der Waals surface area contributed by atoms with Crippen molar-refractivity contribution in [1.82, 2.24) is 0 Å². The lowest BCUT2D eigenvalue weighted by molar-refractivity contribution is -0.252. The van der Waals surface area contributed by atoms with Gasteiger partial charge in [-0.25, -0.2) is 0 Å². The molecular weight excluding hydrogens is 597 g/mol. The van der Waals surface area contributed by atoms with Crippen molar-refractivity contribution >= 4 is 16.6 Å². The van der Waals surface area contributed by atoms with Crippen LogP contribution in [0.4, 0.5) is 0 Å². The summed E-state index contributed by atoms with van der Waals surface area (Å²) in [6.07, 6.45) is 8.14. The van der Waals surface area contributed by atoms with Crippen molar-refractivity contribution in [2.75, 3.05) is 33.9 Å². The Morgan fingerprint density at radius 2 is 1.53 bits per heavy atom. The van der Waals surface area contributed by atoms with E-state index in [-0.39, 0.29) is 45.5 Å². The first-order valence-electron chi connectivity index (χ1n) is 18.3. The van der Waals surface area contributed by atoms with Gasteiger partial charge in [0.1, 0.15) is 13.6 Å². The van der Waals surface area contributed by atoms with Crippen LogP contribution in [0.25, 0.3) is 0 Å². The Morgan fingerprint density at radius 1 is 0.889 bits per heavy atom. The maximum Gasteiger partial charge on any atom is 0.192 e. The highest BCUT2D eigenvalue weighted by Gasteiger charge is 2.70. The van der Waals surface area contributed by atoms with Crippen LogP contribution in [0.1, 0.15) is 108 Å². The van der Waals surface area contributed by atoms with E-state index < -0.39 is 16.6 Å². The summed E-state index contributed by atoms with van der Waals surface area (Å²) < 4.78 is 39.2. The Balaban J connectivity index is 2.27. The SMILES string of the molecule is CCOCO[C@H]1CC[C@H](O[Si](C)(C)C(C)(C)C)C2[C@@]1(C)[C@@H](O[Si](CC)(CC)CC)C[C@H]1C(C)(C)C(C)=C[C@@]21CCCOCOC. The minimum atomic E-state index is -2.08. The van der Waals surface area contributed by atoms with Crippen LogP contribution in [0.5, 0.6) is 0 Å². The van der Waals surface area contributed by atoms with Gasteiger partial charge >= 0.3 is 0 Å². The molecule has 3 aliphatic carbocycles. The van der Waals surface area contributed by atoms with Gasteiger partial charge in [0.2, 0.25) is 0 Å². The maximum absolute atomic E-state index is 7.73. The number of methoxy groups -OCH3 is 1. The molecule has 0 radical (unpaired) electrons. The Hall–Kier alpha value is -0.0662. The molecule has 7 atom stereocenters. The van der Waals surface area contributed by atoms with Gasteiger partial charge in [-0.2, -0.15) is 0 Å². The zero-order valence-electron chi connectivity index (χ0n) is 31.9. The molecule has 0 bridgehead atoms. The standard InChI is InChI=1S/C37H72O6Si2/c1-15-39-27-41-31-21-20-29(42-44(13,14)34(6,7)8)33-36(31,11)32(43-45(16-2,17-3)18-4)24-30-35(9,10)28(5)25-37(30,33)22-19-23-40-26-38-12/h25,29-33H,15-24,26-27H2,1-14H3/t29-,30-,31-,32-,33?,36+,37+/m0/s1. The number of allylic oxidation sites excluding steroid dienone is 2. The van der Waals surface area contributed by atoms with E-state index in [1.54, 1.807) is 7.11 Å². The summed E-state index contributed by atoms with van der Waals surface area (Å²) in [6.45, 7) is 33.1. The van der Waals surface area contributed by atoms with Crippen LogP contribution in [-0.4, -0.2) is 68.9 Å². The minimum Gasteiger partial charge on any atom is -0.414 e. The average Bonchev–Trinajstić information content (AvgIpc) is 3.16. The normalized spacial score (nSPS) is 33.6. The smallest absolute Gasteiger partial charge is 0.192 e. The third-order valence-corrected chi connectivity index (χ3v) is 22.6. The predicted octanol–water partition coefficient (Wildman–Crippen LogP) is 9.96. The Labute approximate surface area is 280 Å². The first kappa shape index (κ1) is 39.4. The molecule has 0 heterocycles. The molecule has 0 spiro atoms. The Kier molecular flexibility index (Phi) is 13.3. The highest BCUT2D eigenvalue weighted by Crippen LogP contribution is 2.71. The second-order valence-corrected chi connectivity index (χ2v) is 26.3. The van der Waals surface area contributed by atoms with Crippen molar-refractivity contribution in [2.45, 2.75) is 163 Å². The Bertz CT molecular complexity index is 964. The highest BCUT2D eigenvalue weighted by molar-refractivity contribution is 6.74. The van der Waals surface area contributed by atoms with Gasteiger partial charge in [-0.3, -0.25) is 0 Å². The summed E-state index contributed by atoms with van der Waals surface area (Å²) in [5.41, 5.74) is 1.34. The summed E-state index contributed by atoms with van der Waals surface area (Å²) >= 11 is 0. The summed E-state index contributed by atoms with van der Waals surface area (Å²) in [5, 5.41) is 0.131. The zero-order chi connectivity index (χ0) is 33.9. The second-order valence-electron chi connectivity index (χ2n) is 16.8. The average molecular weight is 669 g/mol. The molecule has 0 aromatic heterocycles. The number of rotatable bonds is 17. The van der Waals surface area contributed by atoms with E-state index in [1.165, 1.54) is 5.57 Å². The quantitative estimate of drug-likeness (QED) is 0.0666. The van der Waals surface area contributed by atoms with E-state index in [0.29, 0.717) is 32.7 Å². The monoisotopic (exact) mass is 668 g/mol. The minimum absolute atomic E-state index is 0.0336. The third-order valence-electron chi connectivity index (χ3n) is 13.4. The number of fused-ring (bicyclic) bond motifs is 3. The van der Waals surface area contributed by atoms with Gasteiger partial charge < -0.3 is 27.8 Å². The topological polar surface area (TPSA) is 55.4 Å². The third kappa shape index (κ3) is 7.58. The van der Waals surface area contributed by atoms with Crippen molar-refractivity contribution < 1.29 is 27.8 Å². The lowest BCUT2D eigenvalue weighted by atomic mass is 9.43. The molecule has 6 nitrogen and oxygen atoms in total. The van der Waals surface area contributed by atoms with Gasteiger partial charge in [0.05, 0.1) is 12.2 Å². The molecule has 45 heavy (non-hydrogen) atoms. The molecule has 3 aliphatic rings. The van der Waals surface area contributed by atoms with E-state index in [1.807, 2.05) is 6.92 Å². The molecule has 2 saturated carbocycles. The fourth-order valence-corrected chi connectivity index (χ4v) is 13.6. The van der Waals surface area contributed by atoms with Crippen LogP contribution in [-0.2, 0) is 27.8 Å². The van der Waals surface area contributed by atoms with Crippen LogP contribution in [0.15, 0.2) is 11.6 Å². The number of ether oxygens (including phenoxy) is 4. The molecule has 0 aromatic carbocycles. The van der Waals surface area contributed by atoms with Gasteiger partial charge in [-0.1, -0.05) is 74.0 Å². The number of hydrogen-bond donors (Lipinski definition) is 0. The van der Waals surface area contributed by atoms with Gasteiger partial charge in [-0.15, -0.1) is 0 Å². The fraction of sp³-hybridized carbons (Fsp3) is 0.946. The second kappa shape index (κ2) is 15.2. The van der Waals surface area contributed by atoms with Crippen LogP contribution in [0.3, 0.4) is 0 Å². The van der Waals surface area contributed by atoms with E-state index in [0.717, 1.165) is 50.2 Å². The molecule has 0 N–H and O–H groups in total. The molecule has 0 aromatic rings. The van der Waals surface area contributed by atoms with Crippen molar-refractivity contribution in [3.05, 3.63) is 11.6 Å². The largest absolute Gasteiger partial charge is 0.414 e. The lowest BCUT2D eigenvalue weighted by Crippen LogP contribution is -2.69. The lowest BCUT2D eigenvalue weighted by Gasteiger charge is -2.67. The van der Waals surface area contributed by atoms with Crippen molar-refractivity contribution in [3.8, 4) is 0 Å². The van der Waals surface area contributed by atoms with Crippen LogP contribution in [0, 0.1) is 28.1 Å². The molecule has 2 fully saturated rings. The van der Waals surface area contributed by atoms with E-state index in [2.05, 4.69) is 88.4 Å². The molecule has 264 valence electrons. The molecule has 0 amide bonds. The summed E-state index contributed by atoms with van der Waals surface area (Å²) in [6, 6.07) is 3.46. The first-order chi connectivity index (χ1) is 21.0. The molecule has 1 unspecified atom stereocenters. The Morgan fingerprint density at radius 3 is 2.09 bits per heavy atom.